The molecule has 260 valence electrons. The molecule has 0 bridgehead atoms. The first-order chi connectivity index (χ1) is 25.2. The number of aromatic amines is 2. The molecule has 2 atom stereocenters. The molecule has 2 heterocycles. The van der Waals surface area contributed by atoms with E-state index in [9.17, 15) is 19.2 Å². The van der Waals surface area contributed by atoms with Crippen molar-refractivity contribution in [1.82, 2.24) is 30.6 Å². The Morgan fingerprint density at radius 3 is 1.60 bits per heavy atom. The second kappa shape index (κ2) is 15.1. The summed E-state index contributed by atoms with van der Waals surface area (Å²) in [5.41, 5.74) is 8.48. The third-order valence-corrected chi connectivity index (χ3v) is 10.3. The minimum Gasteiger partial charge on any atom is -0.453 e. The summed E-state index contributed by atoms with van der Waals surface area (Å²) >= 11 is 0. The first-order valence-electron chi connectivity index (χ1n) is 16.1. The fourth-order valence-corrected chi connectivity index (χ4v) is 7.36. The number of carbonyl (C=O) groups is 4. The molecule has 0 aliphatic rings. The highest BCUT2D eigenvalue weighted by atomic mass is 31.1. The molecule has 2 aromatic heterocycles. The smallest absolute Gasteiger partial charge is 0.407 e. The number of nitrogens with zero attached hydrogens (tertiary/aromatic N) is 2. The number of H-pyrrole nitrogens is 2. The number of imidazole rings is 2. The summed E-state index contributed by atoms with van der Waals surface area (Å²) in [4.78, 5) is 62.4. The first kappa shape index (κ1) is 34.5. The van der Waals surface area contributed by atoms with E-state index in [0.717, 1.165) is 66.1 Å². The fraction of sp³-hybridized carbons (Fsp3) is 0.105. The van der Waals surface area contributed by atoms with Gasteiger partial charge in [-0.3, -0.25) is 9.59 Å². The van der Waals surface area contributed by atoms with Crippen LogP contribution in [0.25, 0.3) is 66.1 Å². The fourth-order valence-electron chi connectivity index (χ4n) is 5.78. The van der Waals surface area contributed by atoms with Gasteiger partial charge < -0.3 is 30.1 Å². The van der Waals surface area contributed by atoms with Crippen molar-refractivity contribution in [3.8, 4) is 33.5 Å². The van der Waals surface area contributed by atoms with Gasteiger partial charge in [-0.05, 0) is 80.2 Å². The van der Waals surface area contributed by atoms with Crippen LogP contribution in [-0.4, -0.2) is 70.5 Å². The summed E-state index contributed by atoms with van der Waals surface area (Å²) in [7, 11) is 2.07. The molecule has 14 heteroatoms. The normalized spacial score (nSPS) is 11.6. The molecule has 0 saturated heterocycles. The van der Waals surface area contributed by atoms with Crippen LogP contribution in [-0.2, 0) is 19.1 Å². The Balaban J connectivity index is 1.04. The lowest BCUT2D eigenvalue weighted by Crippen LogP contribution is -2.28. The van der Waals surface area contributed by atoms with Crippen LogP contribution in [0.4, 0.5) is 9.59 Å². The van der Waals surface area contributed by atoms with Crippen molar-refractivity contribution in [1.29, 1.82) is 0 Å². The molecule has 7 aromatic rings. The van der Waals surface area contributed by atoms with Crippen molar-refractivity contribution in [2.75, 3.05) is 27.3 Å². The number of methoxy groups -OCH3 is 2. The van der Waals surface area contributed by atoms with Crippen molar-refractivity contribution in [2.24, 2.45) is 0 Å². The van der Waals surface area contributed by atoms with Gasteiger partial charge in [-0.15, -0.1) is 0 Å². The zero-order valence-electron chi connectivity index (χ0n) is 28.0. The van der Waals surface area contributed by atoms with E-state index >= 15 is 0 Å². The van der Waals surface area contributed by atoms with Crippen molar-refractivity contribution in [3.05, 3.63) is 97.2 Å². The van der Waals surface area contributed by atoms with E-state index in [1.54, 1.807) is 6.20 Å². The van der Waals surface area contributed by atoms with Crippen molar-refractivity contribution >= 4 is 84.1 Å². The molecule has 0 saturated carbocycles. The quantitative estimate of drug-likeness (QED) is 0.118. The molecule has 0 fully saturated rings. The van der Waals surface area contributed by atoms with Gasteiger partial charge in [-0.25, -0.2) is 19.6 Å². The van der Waals surface area contributed by atoms with E-state index in [1.807, 2.05) is 24.3 Å². The van der Waals surface area contributed by atoms with Crippen molar-refractivity contribution in [3.63, 3.8) is 0 Å². The number of alkyl carbamates (subject to hydrolysis) is 2. The Morgan fingerprint density at radius 1 is 0.596 bits per heavy atom. The van der Waals surface area contributed by atoms with E-state index in [-0.39, 0.29) is 41.3 Å². The molecule has 0 spiro atoms. The van der Waals surface area contributed by atoms with Gasteiger partial charge in [0.25, 0.3) is 0 Å². The summed E-state index contributed by atoms with van der Waals surface area (Å²) in [5.74, 6) is 0. The van der Waals surface area contributed by atoms with Crippen LogP contribution in [0.3, 0.4) is 0 Å². The molecule has 5 aromatic carbocycles. The Bertz CT molecular complexity index is 2510. The highest BCUT2D eigenvalue weighted by Gasteiger charge is 2.13. The zero-order valence-corrected chi connectivity index (χ0v) is 30.0. The van der Waals surface area contributed by atoms with Crippen LogP contribution in [0.5, 0.6) is 0 Å². The summed E-state index contributed by atoms with van der Waals surface area (Å²) in [6, 6.07) is 31.5. The summed E-state index contributed by atoms with van der Waals surface area (Å²) in [6.07, 6.45) is 0.422. The van der Waals surface area contributed by atoms with E-state index in [1.165, 1.54) is 14.2 Å². The van der Waals surface area contributed by atoms with Crippen LogP contribution >= 0.6 is 17.2 Å². The largest absolute Gasteiger partial charge is 0.453 e. The van der Waals surface area contributed by atoms with Gasteiger partial charge in [0.2, 0.25) is 0 Å². The second-order valence-electron chi connectivity index (χ2n) is 11.8. The first-order valence-corrected chi connectivity index (χ1v) is 18.1. The number of rotatable bonds is 11. The molecular weight excluding hydrogens is 698 g/mol. The number of hydrogen-bond acceptors (Lipinski definition) is 8. The molecule has 4 N–H and O–H groups in total. The average Bonchev–Trinajstić information content (AvgIpc) is 3.81. The van der Waals surface area contributed by atoms with E-state index < -0.39 is 12.2 Å². The molecule has 7 rings (SSSR count). The molecule has 52 heavy (non-hydrogen) atoms. The molecule has 0 aliphatic carbocycles. The Morgan fingerprint density at radius 2 is 1.06 bits per heavy atom. The summed E-state index contributed by atoms with van der Waals surface area (Å²) < 4.78 is 9.02. The number of aromatic nitrogens is 4. The minimum atomic E-state index is -0.646. The monoisotopic (exact) mass is 730 g/mol. The highest BCUT2D eigenvalue weighted by Crippen LogP contribution is 2.32. The van der Waals surface area contributed by atoms with Gasteiger partial charge in [0.1, 0.15) is 11.1 Å². The van der Waals surface area contributed by atoms with Gasteiger partial charge in [0.15, 0.2) is 11.0 Å². The van der Waals surface area contributed by atoms with Crippen LogP contribution in [0.1, 0.15) is 0 Å². The molecule has 2 amide bonds. The van der Waals surface area contributed by atoms with Crippen LogP contribution in [0.2, 0.25) is 0 Å². The summed E-state index contributed by atoms with van der Waals surface area (Å²) in [5, 5.41) is 9.21. The number of nitrogens with one attached hydrogen (secondary N) is 4. The molecule has 2 unspecified atom stereocenters. The topological polar surface area (TPSA) is 168 Å². The van der Waals surface area contributed by atoms with Crippen LogP contribution < -0.4 is 21.8 Å². The number of fused-ring (bicyclic) bond motifs is 3. The number of amides is 2. The maximum atomic E-state index is 12.3. The zero-order chi connectivity index (χ0) is 36.2. The molecule has 0 radical (unpaired) electrons. The minimum absolute atomic E-state index is 0.115. The number of ether oxygens (including phenoxy) is 2. The van der Waals surface area contributed by atoms with Gasteiger partial charge in [0.05, 0.1) is 50.2 Å². The van der Waals surface area contributed by atoms with E-state index in [2.05, 4.69) is 107 Å². The van der Waals surface area contributed by atoms with Crippen molar-refractivity contribution < 1.29 is 28.7 Å². The van der Waals surface area contributed by atoms with Crippen LogP contribution in [0.15, 0.2) is 97.2 Å². The maximum absolute atomic E-state index is 12.3. The van der Waals surface area contributed by atoms with Gasteiger partial charge in [0, 0.05) is 22.7 Å². The van der Waals surface area contributed by atoms with Gasteiger partial charge in [-0.2, -0.15) is 0 Å². The van der Waals surface area contributed by atoms with Crippen LogP contribution in [0, 0.1) is 0 Å². The average molecular weight is 731 g/mol. The Labute approximate surface area is 300 Å². The number of carbonyl (C=O) groups excluding carboxylic acids is 4. The molecule has 12 nitrogen and oxygen atoms in total. The SMILES string of the molecule is COC(=O)NCC(=O)Pc1ncc(-c2ccc3cc(-c4ccc5cc(-c6ccc7nc(PC(=O)CNC(=O)OC)[nH]c7c6)ccc5c4)ccc3c2)[nH]1. The second-order valence-corrected chi connectivity index (χ2v) is 14.4. The standard InChI is InChI=1S/C38H32N6O6P2/c1-49-37(47)40-19-33(45)51-35-39-18-32(44-35)29-10-9-25-14-23(6-8-27(25)16-29)21-3-4-24-15-26(7-5-22(24)13-21)28-11-12-30-31(17-28)43-36(42-30)52-34(46)20-41-38(48)50-2/h3-18,51-52H,19-20H2,1-2H3,(H,39,44)(H,40,47)(H,41,48)(H,42,43). The highest BCUT2D eigenvalue weighted by molar-refractivity contribution is 7.65. The van der Waals surface area contributed by atoms with Crippen molar-refractivity contribution in [2.45, 2.75) is 0 Å². The number of benzene rings is 5. The van der Waals surface area contributed by atoms with Gasteiger partial charge >= 0.3 is 12.2 Å². The van der Waals surface area contributed by atoms with Gasteiger partial charge in [-0.1, -0.05) is 54.6 Å². The number of hydrogen-bond donors (Lipinski definition) is 4. The maximum Gasteiger partial charge on any atom is 0.407 e. The predicted molar refractivity (Wildman–Crippen MR) is 206 cm³/mol. The lowest BCUT2D eigenvalue weighted by Gasteiger charge is -2.09. The lowest BCUT2D eigenvalue weighted by molar-refractivity contribution is -0.111. The molecular formula is C38H32N6O6P2. The summed E-state index contributed by atoms with van der Waals surface area (Å²) in [6.45, 7) is -0.230. The Kier molecular flexibility index (Phi) is 10.0. The Hall–Kier alpha value is -5.96. The van der Waals surface area contributed by atoms with E-state index in [0.29, 0.717) is 11.1 Å². The molecule has 0 aliphatic heterocycles. The predicted octanol–water partition coefficient (Wildman–Crippen LogP) is 5.97. The third-order valence-electron chi connectivity index (χ3n) is 8.39. The third kappa shape index (κ3) is 7.84. The van der Waals surface area contributed by atoms with E-state index in [4.69, 9.17) is 0 Å². The lowest BCUT2D eigenvalue weighted by atomic mass is 9.96.